The van der Waals surface area contributed by atoms with Crippen LogP contribution in [0, 0.1) is 0 Å². The number of rotatable bonds is 6. The molecule has 1 aromatic carbocycles. The first kappa shape index (κ1) is 15.9. The summed E-state index contributed by atoms with van der Waals surface area (Å²) in [5, 5.41) is 0.544. The largest absolute Gasteiger partial charge is 0.465 e. The van der Waals surface area contributed by atoms with Gasteiger partial charge in [0.25, 0.3) is 0 Å². The van der Waals surface area contributed by atoms with E-state index in [0.717, 1.165) is 36.8 Å². The Morgan fingerprint density at radius 3 is 2.71 bits per heavy atom. The highest BCUT2D eigenvalue weighted by molar-refractivity contribution is 6.33. The van der Waals surface area contributed by atoms with E-state index in [-0.39, 0.29) is 5.97 Å². The van der Waals surface area contributed by atoms with Gasteiger partial charge in [-0.25, -0.2) is 0 Å². The normalized spacial score (nSPS) is 13.7. The lowest BCUT2D eigenvalue weighted by Gasteiger charge is -2.22. The summed E-state index contributed by atoms with van der Waals surface area (Å²) < 4.78 is 5.28. The number of carbonyl (C=O) groups is 1. The van der Waals surface area contributed by atoms with Gasteiger partial charge in [0.15, 0.2) is 0 Å². The number of nitrogens with two attached hydrogens (primary N) is 1. The molecule has 1 aliphatic rings. The molecule has 4 heteroatoms. The summed E-state index contributed by atoms with van der Waals surface area (Å²) in [4.78, 5) is 12.0. The van der Waals surface area contributed by atoms with Crippen LogP contribution >= 0.6 is 11.6 Å². The van der Waals surface area contributed by atoms with E-state index in [1.807, 2.05) is 12.1 Å². The zero-order valence-corrected chi connectivity index (χ0v) is 13.2. The Labute approximate surface area is 131 Å². The molecular formula is C17H22ClNO2. The first-order valence-electron chi connectivity index (χ1n) is 7.53. The molecule has 0 aliphatic heterocycles. The number of benzene rings is 1. The molecule has 0 saturated heterocycles. The Morgan fingerprint density at radius 1 is 1.38 bits per heavy atom. The summed E-state index contributed by atoms with van der Waals surface area (Å²) in [5.41, 5.74) is 9.81. The predicted octanol–water partition coefficient (Wildman–Crippen LogP) is 4.59. The number of ether oxygens (including phenoxy) is 1. The van der Waals surface area contributed by atoms with Gasteiger partial charge in [-0.05, 0) is 49.0 Å². The van der Waals surface area contributed by atoms with Gasteiger partial charge in [0.2, 0.25) is 0 Å². The summed E-state index contributed by atoms with van der Waals surface area (Å²) in [6.07, 6.45) is 5.55. The van der Waals surface area contributed by atoms with Crippen molar-refractivity contribution in [3.8, 4) is 0 Å². The number of hydrogen-bond acceptors (Lipinski definition) is 3. The number of anilines is 1. The topological polar surface area (TPSA) is 52.3 Å². The highest BCUT2D eigenvalue weighted by atomic mass is 35.5. The lowest BCUT2D eigenvalue weighted by atomic mass is 9.84. The van der Waals surface area contributed by atoms with Gasteiger partial charge in [-0.2, -0.15) is 0 Å². The summed E-state index contributed by atoms with van der Waals surface area (Å²) in [7, 11) is 0. The summed E-state index contributed by atoms with van der Waals surface area (Å²) >= 11 is 5.97. The van der Waals surface area contributed by atoms with Crippen LogP contribution in [0.5, 0.6) is 0 Å². The lowest BCUT2D eigenvalue weighted by Crippen LogP contribution is -2.10. The predicted molar refractivity (Wildman–Crippen MR) is 87.1 cm³/mol. The summed E-state index contributed by atoms with van der Waals surface area (Å²) in [6.45, 7) is 2.58. The maximum absolute atomic E-state index is 12.0. The molecule has 2 rings (SSSR count). The molecule has 0 unspecified atom stereocenters. The molecule has 0 radical (unpaired) electrons. The molecule has 114 valence electrons. The third-order valence-corrected chi connectivity index (χ3v) is 4.15. The van der Waals surface area contributed by atoms with Crippen molar-refractivity contribution in [2.45, 2.75) is 45.4 Å². The van der Waals surface area contributed by atoms with Crippen LogP contribution in [-0.2, 0) is 9.53 Å². The molecule has 1 saturated carbocycles. The Bertz CT molecular complexity index is 546. The molecule has 3 nitrogen and oxygen atoms in total. The van der Waals surface area contributed by atoms with E-state index in [4.69, 9.17) is 22.1 Å². The second-order valence-corrected chi connectivity index (χ2v) is 5.83. The fourth-order valence-corrected chi connectivity index (χ4v) is 2.46. The maximum Gasteiger partial charge on any atom is 0.310 e. The van der Waals surface area contributed by atoms with Crippen LogP contribution in [0.25, 0.3) is 5.57 Å². The molecule has 0 atom stereocenters. The monoisotopic (exact) mass is 307 g/mol. The first-order chi connectivity index (χ1) is 10.1. The van der Waals surface area contributed by atoms with E-state index in [9.17, 15) is 4.79 Å². The third-order valence-electron chi connectivity index (χ3n) is 3.81. The highest BCUT2D eigenvalue weighted by Crippen LogP contribution is 2.37. The maximum atomic E-state index is 12.0. The van der Waals surface area contributed by atoms with Crippen LogP contribution in [0.4, 0.5) is 5.69 Å². The van der Waals surface area contributed by atoms with Crippen molar-refractivity contribution in [3.63, 3.8) is 0 Å². The number of allylic oxidation sites excluding steroid dienone is 1. The SMILES string of the molecule is CCCCOC(=O)CC(=C1CCC1)c1ccc(Cl)c(N)c1. The zero-order chi connectivity index (χ0) is 15.2. The number of esters is 1. The van der Waals surface area contributed by atoms with E-state index in [1.165, 1.54) is 12.0 Å². The molecule has 1 fully saturated rings. The fraction of sp³-hybridized carbons (Fsp3) is 0.471. The highest BCUT2D eigenvalue weighted by Gasteiger charge is 2.19. The van der Waals surface area contributed by atoms with Crippen molar-refractivity contribution in [1.82, 2.24) is 0 Å². The smallest absolute Gasteiger partial charge is 0.310 e. The molecule has 1 aliphatic carbocycles. The van der Waals surface area contributed by atoms with Gasteiger partial charge < -0.3 is 10.5 Å². The van der Waals surface area contributed by atoms with Crippen molar-refractivity contribution < 1.29 is 9.53 Å². The molecule has 1 aromatic rings. The van der Waals surface area contributed by atoms with Crippen LogP contribution in [-0.4, -0.2) is 12.6 Å². The van der Waals surface area contributed by atoms with E-state index in [2.05, 4.69) is 6.92 Å². The van der Waals surface area contributed by atoms with Crippen molar-refractivity contribution in [2.24, 2.45) is 0 Å². The van der Waals surface area contributed by atoms with Gasteiger partial charge in [0.05, 0.1) is 23.7 Å². The Morgan fingerprint density at radius 2 is 2.14 bits per heavy atom. The third kappa shape index (κ3) is 4.24. The van der Waals surface area contributed by atoms with Gasteiger partial charge >= 0.3 is 5.97 Å². The van der Waals surface area contributed by atoms with Crippen LogP contribution < -0.4 is 5.73 Å². The van der Waals surface area contributed by atoms with Crippen LogP contribution in [0.15, 0.2) is 23.8 Å². The van der Waals surface area contributed by atoms with Crippen molar-refractivity contribution in [1.29, 1.82) is 0 Å². The van der Waals surface area contributed by atoms with E-state index < -0.39 is 0 Å². The molecule has 0 bridgehead atoms. The van der Waals surface area contributed by atoms with E-state index in [1.54, 1.807) is 6.07 Å². The molecule has 0 spiro atoms. The molecule has 0 heterocycles. The minimum absolute atomic E-state index is 0.161. The molecule has 21 heavy (non-hydrogen) atoms. The average Bonchev–Trinajstić information content (AvgIpc) is 2.39. The Kier molecular flexibility index (Phi) is 5.68. The average molecular weight is 308 g/mol. The Balaban J connectivity index is 2.13. The van der Waals surface area contributed by atoms with Crippen LogP contribution in [0.2, 0.25) is 5.02 Å². The number of carbonyl (C=O) groups excluding carboxylic acids is 1. The quantitative estimate of drug-likeness (QED) is 0.475. The second kappa shape index (κ2) is 7.51. The van der Waals surface area contributed by atoms with E-state index >= 15 is 0 Å². The lowest BCUT2D eigenvalue weighted by molar-refractivity contribution is -0.142. The molecule has 0 aromatic heterocycles. The van der Waals surface area contributed by atoms with Gasteiger partial charge in [-0.15, -0.1) is 0 Å². The Hall–Kier alpha value is -1.48. The number of nitrogen functional groups attached to an aromatic ring is 1. The van der Waals surface area contributed by atoms with Crippen molar-refractivity contribution in [3.05, 3.63) is 34.4 Å². The minimum Gasteiger partial charge on any atom is -0.465 e. The van der Waals surface area contributed by atoms with Gasteiger partial charge in [-0.3, -0.25) is 4.79 Å². The number of halogens is 1. The zero-order valence-electron chi connectivity index (χ0n) is 12.5. The van der Waals surface area contributed by atoms with Crippen LogP contribution in [0.3, 0.4) is 0 Å². The minimum atomic E-state index is -0.161. The fourth-order valence-electron chi connectivity index (χ4n) is 2.34. The van der Waals surface area contributed by atoms with Crippen molar-refractivity contribution >= 4 is 28.8 Å². The summed E-state index contributed by atoms with van der Waals surface area (Å²) in [5.74, 6) is -0.161. The standard InChI is InChI=1S/C17H22ClNO2/c1-2-3-9-21-17(20)11-14(12-5-4-6-12)13-7-8-15(18)16(19)10-13/h7-8,10H,2-6,9,11,19H2,1H3. The van der Waals surface area contributed by atoms with E-state index in [0.29, 0.717) is 23.7 Å². The first-order valence-corrected chi connectivity index (χ1v) is 7.91. The molecule has 2 N–H and O–H groups in total. The van der Waals surface area contributed by atoms with Gasteiger partial charge in [-0.1, -0.05) is 36.6 Å². The molecule has 0 amide bonds. The second-order valence-electron chi connectivity index (χ2n) is 5.42. The van der Waals surface area contributed by atoms with Crippen LogP contribution in [0.1, 0.15) is 51.0 Å². The van der Waals surface area contributed by atoms with Crippen molar-refractivity contribution in [2.75, 3.05) is 12.3 Å². The number of unbranched alkanes of at least 4 members (excludes halogenated alkanes) is 1. The van der Waals surface area contributed by atoms with Gasteiger partial charge in [0.1, 0.15) is 0 Å². The molecular weight excluding hydrogens is 286 g/mol. The summed E-state index contributed by atoms with van der Waals surface area (Å²) in [6, 6.07) is 5.56. The van der Waals surface area contributed by atoms with Gasteiger partial charge in [0, 0.05) is 0 Å². The number of hydrogen-bond donors (Lipinski definition) is 1.